The highest BCUT2D eigenvalue weighted by atomic mass is 32.2. The molecule has 1 aromatic heterocycles. The van der Waals surface area contributed by atoms with E-state index in [1.807, 2.05) is 6.92 Å². The van der Waals surface area contributed by atoms with Crippen molar-refractivity contribution in [2.75, 3.05) is 17.2 Å². The summed E-state index contributed by atoms with van der Waals surface area (Å²) in [6.45, 7) is 5.64. The minimum atomic E-state index is -3.60. The zero-order valence-corrected chi connectivity index (χ0v) is 20.1. The number of nitrogens with zero attached hydrogens (tertiary/aromatic N) is 2. The lowest BCUT2D eigenvalue weighted by Crippen LogP contribution is -2.25. The molecule has 174 valence electrons. The summed E-state index contributed by atoms with van der Waals surface area (Å²) in [5, 5.41) is 14.3. The van der Waals surface area contributed by atoms with Gasteiger partial charge in [0.1, 0.15) is 5.01 Å². The van der Waals surface area contributed by atoms with Crippen LogP contribution >= 0.6 is 11.3 Å². The normalized spacial score (nSPS) is 11.4. The zero-order valence-electron chi connectivity index (χ0n) is 18.5. The number of hydrogen-bond acceptors (Lipinski definition) is 7. The van der Waals surface area contributed by atoms with Crippen molar-refractivity contribution in [3.05, 3.63) is 64.7 Å². The van der Waals surface area contributed by atoms with Gasteiger partial charge in [0.25, 0.3) is 5.91 Å². The molecule has 33 heavy (non-hydrogen) atoms. The summed E-state index contributed by atoms with van der Waals surface area (Å²) < 4.78 is 27.2. The Labute approximate surface area is 196 Å². The van der Waals surface area contributed by atoms with Gasteiger partial charge >= 0.3 is 0 Å². The van der Waals surface area contributed by atoms with Crippen LogP contribution in [0, 0.1) is 12.8 Å². The molecule has 0 radical (unpaired) electrons. The average Bonchev–Trinajstić information content (AvgIpc) is 3.21. The second-order valence-corrected chi connectivity index (χ2v) is 10.5. The maximum absolute atomic E-state index is 12.4. The lowest BCUT2D eigenvalue weighted by Gasteiger charge is -2.08. The van der Waals surface area contributed by atoms with Crippen LogP contribution in [0.4, 0.5) is 10.8 Å². The summed E-state index contributed by atoms with van der Waals surface area (Å²) in [4.78, 5) is 24.4. The molecule has 1 heterocycles. The predicted octanol–water partition coefficient (Wildman–Crippen LogP) is 3.21. The fourth-order valence-corrected chi connectivity index (χ4v) is 4.43. The van der Waals surface area contributed by atoms with Crippen molar-refractivity contribution in [1.29, 1.82) is 0 Å². The highest BCUT2D eigenvalue weighted by molar-refractivity contribution is 7.89. The molecule has 0 fully saturated rings. The molecule has 0 aliphatic heterocycles. The Balaban J connectivity index is 1.51. The van der Waals surface area contributed by atoms with E-state index in [1.165, 1.54) is 11.3 Å². The maximum Gasteiger partial charge on any atom is 0.257 e. The monoisotopic (exact) mass is 487 g/mol. The van der Waals surface area contributed by atoms with E-state index < -0.39 is 10.0 Å². The van der Waals surface area contributed by atoms with Crippen molar-refractivity contribution in [3.63, 3.8) is 0 Å². The van der Waals surface area contributed by atoms with Gasteiger partial charge in [-0.1, -0.05) is 42.9 Å². The Bertz CT molecular complexity index is 1220. The predicted molar refractivity (Wildman–Crippen MR) is 128 cm³/mol. The van der Waals surface area contributed by atoms with Gasteiger partial charge in [-0.25, -0.2) is 13.1 Å². The van der Waals surface area contributed by atoms with E-state index in [-0.39, 0.29) is 29.2 Å². The molecule has 0 spiro atoms. The minimum absolute atomic E-state index is 0.102. The van der Waals surface area contributed by atoms with Gasteiger partial charge in [0.05, 0.1) is 4.90 Å². The number of carbonyl (C=O) groups is 2. The first-order valence-corrected chi connectivity index (χ1v) is 12.5. The van der Waals surface area contributed by atoms with Crippen LogP contribution in [0.15, 0.2) is 53.4 Å². The smallest absolute Gasteiger partial charge is 0.257 e. The molecule has 11 heteroatoms. The van der Waals surface area contributed by atoms with Crippen LogP contribution in [0.5, 0.6) is 0 Å². The summed E-state index contributed by atoms with van der Waals surface area (Å²) in [5.74, 6) is -0.605. The van der Waals surface area contributed by atoms with E-state index in [0.717, 1.165) is 5.56 Å². The van der Waals surface area contributed by atoms with Crippen molar-refractivity contribution in [3.8, 4) is 0 Å². The topological polar surface area (TPSA) is 130 Å². The number of anilines is 2. The SMILES string of the molecule is Cc1ccc(S(=O)(=O)NCCc2nnc(NC(=O)c3ccc(NC(=O)C(C)C)cc3)s2)cc1. The van der Waals surface area contributed by atoms with Crippen molar-refractivity contribution in [2.24, 2.45) is 5.92 Å². The summed E-state index contributed by atoms with van der Waals surface area (Å²) >= 11 is 1.17. The Morgan fingerprint density at radius 1 is 0.970 bits per heavy atom. The molecule has 9 nitrogen and oxygen atoms in total. The lowest BCUT2D eigenvalue weighted by atomic mass is 10.1. The second kappa shape index (κ2) is 10.6. The number of benzene rings is 2. The van der Waals surface area contributed by atoms with Crippen LogP contribution in [-0.2, 0) is 21.2 Å². The van der Waals surface area contributed by atoms with Crippen LogP contribution in [0.1, 0.15) is 34.8 Å². The van der Waals surface area contributed by atoms with Gasteiger partial charge < -0.3 is 5.32 Å². The Kier molecular flexibility index (Phi) is 7.90. The van der Waals surface area contributed by atoms with Gasteiger partial charge in [0.2, 0.25) is 21.1 Å². The standard InChI is InChI=1S/C22H25N5O4S2/c1-14(2)20(28)24-17-8-6-16(7-9-17)21(29)25-22-27-26-19(32-22)12-13-23-33(30,31)18-10-4-15(3)5-11-18/h4-11,14,23H,12-13H2,1-3H3,(H,24,28)(H,25,27,29). The first-order chi connectivity index (χ1) is 15.6. The van der Waals surface area contributed by atoms with E-state index in [9.17, 15) is 18.0 Å². The Hall–Kier alpha value is -3.15. The molecule has 3 rings (SSSR count). The molecule has 0 saturated carbocycles. The van der Waals surface area contributed by atoms with Gasteiger partial charge in [-0.05, 0) is 43.3 Å². The van der Waals surface area contributed by atoms with Crippen LogP contribution in [-0.4, -0.2) is 37.0 Å². The quantitative estimate of drug-likeness (QED) is 0.425. The van der Waals surface area contributed by atoms with Gasteiger partial charge in [0.15, 0.2) is 0 Å². The number of hydrogen-bond donors (Lipinski definition) is 3. The third-order valence-electron chi connectivity index (χ3n) is 4.59. The summed E-state index contributed by atoms with van der Waals surface area (Å²) in [5.41, 5.74) is 1.99. The van der Waals surface area contributed by atoms with Crippen LogP contribution in [0.25, 0.3) is 0 Å². The molecule has 2 amide bonds. The lowest BCUT2D eigenvalue weighted by molar-refractivity contribution is -0.118. The molecule has 0 aliphatic carbocycles. The van der Waals surface area contributed by atoms with Crippen molar-refractivity contribution < 1.29 is 18.0 Å². The fourth-order valence-electron chi connectivity index (χ4n) is 2.66. The molecule has 0 saturated heterocycles. The molecule has 0 unspecified atom stereocenters. The third-order valence-corrected chi connectivity index (χ3v) is 6.96. The number of rotatable bonds is 9. The van der Waals surface area contributed by atoms with Crippen LogP contribution < -0.4 is 15.4 Å². The summed E-state index contributed by atoms with van der Waals surface area (Å²) in [7, 11) is -3.60. The molecule has 3 aromatic rings. The molecular formula is C22H25N5O4S2. The molecule has 3 N–H and O–H groups in total. The highest BCUT2D eigenvalue weighted by Crippen LogP contribution is 2.18. The first-order valence-electron chi connectivity index (χ1n) is 10.2. The number of nitrogens with one attached hydrogen (secondary N) is 3. The van der Waals surface area contributed by atoms with Gasteiger partial charge in [0, 0.05) is 30.1 Å². The fraction of sp³-hybridized carbons (Fsp3) is 0.273. The van der Waals surface area contributed by atoms with E-state index in [0.29, 0.717) is 27.8 Å². The number of amides is 2. The maximum atomic E-state index is 12.4. The highest BCUT2D eigenvalue weighted by Gasteiger charge is 2.15. The zero-order chi connectivity index (χ0) is 24.0. The summed E-state index contributed by atoms with van der Waals surface area (Å²) in [6.07, 6.45) is 0.336. The molecule has 0 bridgehead atoms. The Morgan fingerprint density at radius 3 is 2.27 bits per heavy atom. The van der Waals surface area contributed by atoms with E-state index in [2.05, 4.69) is 25.6 Å². The van der Waals surface area contributed by atoms with E-state index in [4.69, 9.17) is 0 Å². The molecule has 0 aliphatic rings. The summed E-state index contributed by atoms with van der Waals surface area (Å²) in [6, 6.07) is 13.1. The number of aryl methyl sites for hydroxylation is 1. The number of sulfonamides is 1. The van der Waals surface area contributed by atoms with Gasteiger partial charge in [-0.15, -0.1) is 10.2 Å². The van der Waals surface area contributed by atoms with Crippen molar-refractivity contribution in [1.82, 2.24) is 14.9 Å². The molecule has 0 atom stereocenters. The van der Waals surface area contributed by atoms with Crippen molar-refractivity contribution >= 4 is 44.0 Å². The number of aromatic nitrogens is 2. The van der Waals surface area contributed by atoms with E-state index >= 15 is 0 Å². The molecule has 2 aromatic carbocycles. The average molecular weight is 488 g/mol. The Morgan fingerprint density at radius 2 is 1.64 bits per heavy atom. The van der Waals surface area contributed by atoms with Gasteiger partial charge in [-0.2, -0.15) is 0 Å². The van der Waals surface area contributed by atoms with Crippen LogP contribution in [0.3, 0.4) is 0 Å². The number of carbonyl (C=O) groups excluding carboxylic acids is 2. The van der Waals surface area contributed by atoms with E-state index in [1.54, 1.807) is 62.4 Å². The molecular weight excluding hydrogens is 462 g/mol. The van der Waals surface area contributed by atoms with Crippen LogP contribution in [0.2, 0.25) is 0 Å². The largest absolute Gasteiger partial charge is 0.326 e. The second-order valence-electron chi connectivity index (χ2n) is 7.64. The van der Waals surface area contributed by atoms with Gasteiger partial charge in [-0.3, -0.25) is 14.9 Å². The minimum Gasteiger partial charge on any atom is -0.326 e. The van der Waals surface area contributed by atoms with Crippen molar-refractivity contribution in [2.45, 2.75) is 32.1 Å². The first kappa shape index (κ1) is 24.5. The third kappa shape index (κ3) is 6.91.